The molecule has 1 amide bonds. The van der Waals surface area contributed by atoms with E-state index in [4.69, 9.17) is 39.8 Å². The summed E-state index contributed by atoms with van der Waals surface area (Å²) in [5, 5.41) is 6.59. The monoisotopic (exact) mass is 552 g/mol. The van der Waals surface area contributed by atoms with Crippen molar-refractivity contribution < 1.29 is 17.6 Å². The number of piperazine rings is 1. The molecule has 2 N–H and O–H groups in total. The average molecular weight is 553 g/mol. The molecule has 184 valence electrons. The molecule has 0 atom stereocenters. The summed E-state index contributed by atoms with van der Waals surface area (Å²) >= 11 is 17.4. The Morgan fingerprint density at radius 2 is 1.69 bits per heavy atom. The number of carbonyl (C=O) groups is 1. The number of hydrogen-bond donors (Lipinski definition) is 2. The normalized spacial score (nSPS) is 14.5. The largest absolute Gasteiger partial charge is 0.451 e. The van der Waals surface area contributed by atoms with Crippen molar-refractivity contribution in [3.05, 3.63) is 70.4 Å². The van der Waals surface area contributed by atoms with E-state index < -0.39 is 15.9 Å². The molecule has 1 aliphatic heterocycles. The van der Waals surface area contributed by atoms with E-state index in [1.165, 1.54) is 16.6 Å². The van der Waals surface area contributed by atoms with Crippen molar-refractivity contribution in [1.82, 2.24) is 9.62 Å². The van der Waals surface area contributed by atoms with Crippen LogP contribution in [0.15, 0.2) is 59.0 Å². The third-order valence-corrected chi connectivity index (χ3v) is 7.51. The molecule has 12 heteroatoms. The number of amides is 1. The summed E-state index contributed by atoms with van der Waals surface area (Å²) in [5.74, 6) is 0.0154. The number of hydrogen-bond acceptors (Lipinski definition) is 6. The Morgan fingerprint density at radius 3 is 2.31 bits per heavy atom. The second-order valence-corrected chi connectivity index (χ2v) is 11.1. The van der Waals surface area contributed by atoms with Crippen LogP contribution in [0.3, 0.4) is 0 Å². The van der Waals surface area contributed by atoms with Crippen molar-refractivity contribution in [2.45, 2.75) is 0 Å². The minimum Gasteiger partial charge on any atom is -0.451 e. The van der Waals surface area contributed by atoms with E-state index in [0.717, 1.165) is 5.69 Å². The van der Waals surface area contributed by atoms with Gasteiger partial charge in [-0.2, -0.15) is 4.31 Å². The Balaban J connectivity index is 1.32. The smallest absolute Gasteiger partial charge is 0.293 e. The van der Waals surface area contributed by atoms with Crippen molar-refractivity contribution in [1.29, 1.82) is 0 Å². The third-order valence-electron chi connectivity index (χ3n) is 5.45. The van der Waals surface area contributed by atoms with Crippen LogP contribution in [-0.2, 0) is 10.0 Å². The van der Waals surface area contributed by atoms with E-state index in [-0.39, 0.29) is 10.9 Å². The topological polar surface area (TPSA) is 94.9 Å². The van der Waals surface area contributed by atoms with Crippen LogP contribution >= 0.6 is 35.4 Å². The molecule has 8 nitrogen and oxygen atoms in total. The van der Waals surface area contributed by atoms with Crippen LogP contribution in [0.2, 0.25) is 10.0 Å². The van der Waals surface area contributed by atoms with E-state index in [1.54, 1.807) is 24.3 Å². The molecule has 0 spiro atoms. The SMILES string of the molecule is CS(=O)(=O)N1CCN(c2ccc(NC(=S)NC(=O)c3ccc(-c4ccc(Cl)cc4Cl)o3)cc2)CC1. The van der Waals surface area contributed by atoms with Crippen molar-refractivity contribution in [2.75, 3.05) is 42.7 Å². The fourth-order valence-electron chi connectivity index (χ4n) is 3.65. The maximum atomic E-state index is 12.5. The lowest BCUT2D eigenvalue weighted by Crippen LogP contribution is -2.48. The molecule has 3 aromatic rings. The van der Waals surface area contributed by atoms with Crippen LogP contribution in [-0.4, -0.2) is 56.2 Å². The molecule has 0 bridgehead atoms. The lowest BCUT2D eigenvalue weighted by Gasteiger charge is -2.34. The lowest BCUT2D eigenvalue weighted by molar-refractivity contribution is 0.0951. The fourth-order valence-corrected chi connectivity index (χ4v) is 5.19. The van der Waals surface area contributed by atoms with Crippen LogP contribution < -0.4 is 15.5 Å². The number of anilines is 2. The van der Waals surface area contributed by atoms with Gasteiger partial charge in [-0.25, -0.2) is 8.42 Å². The quantitative estimate of drug-likeness (QED) is 0.451. The van der Waals surface area contributed by atoms with E-state index in [1.807, 2.05) is 24.3 Å². The molecule has 1 saturated heterocycles. The number of rotatable bonds is 5. The number of nitrogens with one attached hydrogen (secondary N) is 2. The molecule has 35 heavy (non-hydrogen) atoms. The maximum Gasteiger partial charge on any atom is 0.293 e. The van der Waals surface area contributed by atoms with Gasteiger partial charge in [-0.1, -0.05) is 23.2 Å². The minimum atomic E-state index is -3.17. The van der Waals surface area contributed by atoms with Gasteiger partial charge in [0.15, 0.2) is 10.9 Å². The number of sulfonamides is 1. The molecule has 1 fully saturated rings. The van der Waals surface area contributed by atoms with Crippen LogP contribution in [0.25, 0.3) is 11.3 Å². The molecule has 1 aromatic heterocycles. The van der Waals surface area contributed by atoms with Crippen molar-refractivity contribution >= 4 is 67.8 Å². The Kier molecular flexibility index (Phi) is 7.67. The summed E-state index contributed by atoms with van der Waals surface area (Å²) < 4.78 is 30.5. The summed E-state index contributed by atoms with van der Waals surface area (Å²) in [5.41, 5.74) is 2.29. The highest BCUT2D eigenvalue weighted by atomic mass is 35.5. The molecule has 0 aliphatic carbocycles. The van der Waals surface area contributed by atoms with E-state index >= 15 is 0 Å². The van der Waals surface area contributed by atoms with E-state index in [0.29, 0.717) is 53.2 Å². The number of benzene rings is 2. The van der Waals surface area contributed by atoms with Crippen LogP contribution in [0.5, 0.6) is 0 Å². The standard InChI is InChI=1S/C23H22Cl2N4O4S2/c1-35(31,32)29-12-10-28(11-13-29)17-5-3-16(4-6-17)26-23(34)27-22(30)21-9-8-20(33-21)18-7-2-15(24)14-19(18)25/h2-9,14H,10-13H2,1H3,(H2,26,27,30,34). The van der Waals surface area contributed by atoms with E-state index in [9.17, 15) is 13.2 Å². The molecule has 4 rings (SSSR count). The number of thiocarbonyl (C=S) groups is 1. The highest BCUT2D eigenvalue weighted by Gasteiger charge is 2.23. The summed E-state index contributed by atoms with van der Waals surface area (Å²) in [7, 11) is -3.17. The number of carbonyl (C=O) groups excluding carboxylic acids is 1. The van der Waals surface area contributed by atoms with Gasteiger partial charge in [-0.15, -0.1) is 0 Å². The second-order valence-electron chi connectivity index (χ2n) is 7.89. The number of furan rings is 1. The van der Waals surface area contributed by atoms with E-state index in [2.05, 4.69) is 15.5 Å². The number of nitrogens with zero attached hydrogens (tertiary/aromatic N) is 2. The summed E-state index contributed by atoms with van der Waals surface area (Å²) in [6.45, 7) is 2.13. The van der Waals surface area contributed by atoms with Gasteiger partial charge < -0.3 is 14.6 Å². The average Bonchev–Trinajstić information content (AvgIpc) is 3.29. The molecule has 2 heterocycles. The minimum absolute atomic E-state index is 0.0822. The lowest BCUT2D eigenvalue weighted by atomic mass is 10.2. The predicted molar refractivity (Wildman–Crippen MR) is 143 cm³/mol. The third kappa shape index (κ3) is 6.33. The Morgan fingerprint density at radius 1 is 1.00 bits per heavy atom. The Labute approximate surface area is 218 Å². The Bertz CT molecular complexity index is 1350. The van der Waals surface area contributed by atoms with Gasteiger partial charge in [0, 0.05) is 48.1 Å². The van der Waals surface area contributed by atoms with Gasteiger partial charge in [0.25, 0.3) is 5.91 Å². The first-order valence-corrected chi connectivity index (χ1v) is 13.6. The van der Waals surface area contributed by atoms with Crippen molar-refractivity contribution in [3.63, 3.8) is 0 Å². The van der Waals surface area contributed by atoms with Gasteiger partial charge in [-0.3, -0.25) is 10.1 Å². The summed E-state index contributed by atoms with van der Waals surface area (Å²) in [4.78, 5) is 14.7. The molecule has 0 saturated carbocycles. The first kappa shape index (κ1) is 25.5. The van der Waals surface area contributed by atoms with Gasteiger partial charge in [0.05, 0.1) is 11.3 Å². The zero-order valence-corrected chi connectivity index (χ0v) is 21.8. The zero-order chi connectivity index (χ0) is 25.2. The highest BCUT2D eigenvalue weighted by molar-refractivity contribution is 7.88. The second kappa shape index (κ2) is 10.5. The summed E-state index contributed by atoms with van der Waals surface area (Å²) in [6, 6.07) is 15.7. The van der Waals surface area contributed by atoms with Crippen LogP contribution in [0, 0.1) is 0 Å². The first-order chi connectivity index (χ1) is 16.6. The first-order valence-electron chi connectivity index (χ1n) is 10.6. The molecule has 0 radical (unpaired) electrons. The zero-order valence-electron chi connectivity index (χ0n) is 18.6. The van der Waals surface area contributed by atoms with Crippen molar-refractivity contribution in [2.24, 2.45) is 0 Å². The van der Waals surface area contributed by atoms with Crippen molar-refractivity contribution in [3.8, 4) is 11.3 Å². The fraction of sp³-hybridized carbons (Fsp3) is 0.217. The number of halogens is 2. The van der Waals surface area contributed by atoms with Gasteiger partial charge in [0.1, 0.15) is 5.76 Å². The Hall–Kier alpha value is -2.63. The van der Waals surface area contributed by atoms with Crippen LogP contribution in [0.1, 0.15) is 10.6 Å². The van der Waals surface area contributed by atoms with Gasteiger partial charge in [-0.05, 0) is 66.8 Å². The molecule has 2 aromatic carbocycles. The summed E-state index contributed by atoms with van der Waals surface area (Å²) in [6.07, 6.45) is 1.23. The highest BCUT2D eigenvalue weighted by Crippen LogP contribution is 2.31. The molecular weight excluding hydrogens is 531 g/mol. The van der Waals surface area contributed by atoms with Gasteiger partial charge >= 0.3 is 0 Å². The predicted octanol–water partition coefficient (Wildman–Crippen LogP) is 4.46. The maximum absolute atomic E-state index is 12.5. The molecular formula is C23H22Cl2N4O4S2. The molecule has 1 aliphatic rings. The van der Waals surface area contributed by atoms with Gasteiger partial charge in [0.2, 0.25) is 10.0 Å². The van der Waals surface area contributed by atoms with Crippen LogP contribution in [0.4, 0.5) is 11.4 Å². The molecule has 0 unspecified atom stereocenters.